The van der Waals surface area contributed by atoms with Gasteiger partial charge in [0.1, 0.15) is 0 Å². The lowest BCUT2D eigenvalue weighted by atomic mass is 9.84. The molecule has 0 aliphatic heterocycles. The van der Waals surface area contributed by atoms with Crippen molar-refractivity contribution < 1.29 is 0 Å². The minimum atomic E-state index is 0.635. The van der Waals surface area contributed by atoms with Crippen LogP contribution in [-0.2, 0) is 0 Å². The van der Waals surface area contributed by atoms with Crippen LogP contribution >= 0.6 is 0 Å². The van der Waals surface area contributed by atoms with Crippen LogP contribution in [-0.4, -0.2) is 12.6 Å². The summed E-state index contributed by atoms with van der Waals surface area (Å²) in [5.74, 6) is 7.22. The third-order valence-corrected chi connectivity index (χ3v) is 3.55. The van der Waals surface area contributed by atoms with Gasteiger partial charge in [0.15, 0.2) is 0 Å². The Morgan fingerprint density at radius 1 is 1.25 bits per heavy atom. The van der Waals surface area contributed by atoms with Crippen LogP contribution in [0.2, 0.25) is 0 Å². The van der Waals surface area contributed by atoms with Crippen molar-refractivity contribution in [3.63, 3.8) is 0 Å². The van der Waals surface area contributed by atoms with Gasteiger partial charge in [-0.25, -0.2) is 0 Å². The number of nitrogens with one attached hydrogen (secondary N) is 1. The number of hydrogen-bond donors (Lipinski definition) is 1. The van der Waals surface area contributed by atoms with Gasteiger partial charge in [0.2, 0.25) is 0 Å². The molecule has 16 heavy (non-hydrogen) atoms. The van der Waals surface area contributed by atoms with Gasteiger partial charge in [-0.3, -0.25) is 0 Å². The smallest absolute Gasteiger partial charge is 0.0243 e. The quantitative estimate of drug-likeness (QED) is 0.674. The molecule has 1 nitrogen and oxygen atoms in total. The first kappa shape index (κ1) is 13.6. The minimum absolute atomic E-state index is 0.635. The van der Waals surface area contributed by atoms with Crippen molar-refractivity contribution in [3.05, 3.63) is 0 Å². The normalized spacial score (nSPS) is 18.9. The summed E-state index contributed by atoms with van der Waals surface area (Å²) in [6.45, 7) is 5.32. The molecule has 1 aliphatic carbocycles. The van der Waals surface area contributed by atoms with Crippen molar-refractivity contribution >= 4 is 0 Å². The van der Waals surface area contributed by atoms with Crippen LogP contribution in [0.5, 0.6) is 0 Å². The first-order valence-electron chi connectivity index (χ1n) is 6.99. The van der Waals surface area contributed by atoms with Gasteiger partial charge in [0.25, 0.3) is 0 Å². The van der Waals surface area contributed by atoms with Crippen molar-refractivity contribution in [2.75, 3.05) is 6.54 Å². The molecular formula is C15H27N. The summed E-state index contributed by atoms with van der Waals surface area (Å²) >= 11 is 0. The standard InChI is InChI=1S/C15H27N/c1-3-5-11-15(16-12-4-2)13-14-9-7-6-8-10-14/h14-16H,4,6-13H2,1-2H3. The van der Waals surface area contributed by atoms with Crippen molar-refractivity contribution in [3.8, 4) is 11.8 Å². The topological polar surface area (TPSA) is 12.0 Å². The summed E-state index contributed by atoms with van der Waals surface area (Å²) in [6.07, 6.45) is 10.9. The summed E-state index contributed by atoms with van der Waals surface area (Å²) < 4.78 is 0. The Kier molecular flexibility index (Phi) is 7.34. The molecule has 0 amide bonds. The van der Waals surface area contributed by atoms with Gasteiger partial charge >= 0.3 is 0 Å². The molecule has 1 unspecified atom stereocenters. The lowest BCUT2D eigenvalue weighted by Gasteiger charge is -2.26. The third kappa shape index (κ3) is 5.56. The van der Waals surface area contributed by atoms with E-state index in [9.17, 15) is 0 Å². The highest BCUT2D eigenvalue weighted by molar-refractivity contribution is 4.98. The van der Waals surface area contributed by atoms with E-state index in [1.54, 1.807) is 0 Å². The summed E-state index contributed by atoms with van der Waals surface area (Å²) in [5, 5.41) is 3.65. The van der Waals surface area contributed by atoms with Crippen LogP contribution in [0.15, 0.2) is 0 Å². The third-order valence-electron chi connectivity index (χ3n) is 3.55. The molecule has 0 aromatic heterocycles. The highest BCUT2D eigenvalue weighted by Gasteiger charge is 2.17. The second-order valence-electron chi connectivity index (χ2n) is 5.02. The Hall–Kier alpha value is -0.480. The molecule has 92 valence electrons. The van der Waals surface area contributed by atoms with E-state index >= 15 is 0 Å². The molecule has 0 heterocycles. The molecule has 1 rings (SSSR count). The summed E-state index contributed by atoms with van der Waals surface area (Å²) in [6, 6.07) is 0.635. The molecule has 1 aliphatic rings. The van der Waals surface area contributed by atoms with E-state index in [2.05, 4.69) is 24.1 Å². The molecule has 0 saturated heterocycles. The predicted molar refractivity (Wildman–Crippen MR) is 71.3 cm³/mol. The summed E-state index contributed by atoms with van der Waals surface area (Å²) in [4.78, 5) is 0. The molecule has 0 bridgehead atoms. The van der Waals surface area contributed by atoms with E-state index in [-0.39, 0.29) is 0 Å². The zero-order valence-electron chi connectivity index (χ0n) is 11.0. The zero-order valence-corrected chi connectivity index (χ0v) is 11.0. The van der Waals surface area contributed by atoms with E-state index in [0.717, 1.165) is 18.9 Å². The van der Waals surface area contributed by atoms with Crippen LogP contribution in [0.25, 0.3) is 0 Å². The minimum Gasteiger partial charge on any atom is -0.313 e. The van der Waals surface area contributed by atoms with Crippen molar-refractivity contribution in [2.24, 2.45) is 5.92 Å². The van der Waals surface area contributed by atoms with Gasteiger partial charge in [-0.1, -0.05) is 39.0 Å². The van der Waals surface area contributed by atoms with Crippen LogP contribution in [0.3, 0.4) is 0 Å². The fourth-order valence-corrected chi connectivity index (χ4v) is 2.64. The van der Waals surface area contributed by atoms with Gasteiger partial charge in [-0.15, -0.1) is 11.8 Å². The van der Waals surface area contributed by atoms with Crippen LogP contribution in [0, 0.1) is 17.8 Å². The van der Waals surface area contributed by atoms with Crippen molar-refractivity contribution in [1.82, 2.24) is 5.32 Å². The zero-order chi connectivity index (χ0) is 11.6. The largest absolute Gasteiger partial charge is 0.313 e. The van der Waals surface area contributed by atoms with Crippen LogP contribution < -0.4 is 5.32 Å². The molecular weight excluding hydrogens is 194 g/mol. The van der Waals surface area contributed by atoms with E-state index < -0.39 is 0 Å². The molecule has 1 N–H and O–H groups in total. The Morgan fingerprint density at radius 3 is 2.62 bits per heavy atom. The molecule has 0 spiro atoms. The van der Waals surface area contributed by atoms with Gasteiger partial charge < -0.3 is 5.32 Å². The lowest BCUT2D eigenvalue weighted by molar-refractivity contribution is 0.299. The maximum atomic E-state index is 3.65. The predicted octanol–water partition coefficient (Wildman–Crippen LogP) is 3.74. The molecule has 0 aromatic carbocycles. The first-order chi connectivity index (χ1) is 7.86. The molecule has 1 saturated carbocycles. The molecule has 0 aromatic rings. The van der Waals surface area contributed by atoms with Crippen LogP contribution in [0.4, 0.5) is 0 Å². The van der Waals surface area contributed by atoms with Gasteiger partial charge in [-0.2, -0.15) is 0 Å². The molecule has 1 atom stereocenters. The van der Waals surface area contributed by atoms with E-state index in [4.69, 9.17) is 0 Å². The average molecular weight is 221 g/mol. The van der Waals surface area contributed by atoms with Gasteiger partial charge in [0, 0.05) is 12.5 Å². The number of hydrogen-bond acceptors (Lipinski definition) is 1. The Balaban J connectivity index is 2.30. The first-order valence-corrected chi connectivity index (χ1v) is 6.99. The average Bonchev–Trinajstić information content (AvgIpc) is 2.34. The maximum Gasteiger partial charge on any atom is 0.0243 e. The van der Waals surface area contributed by atoms with Crippen LogP contribution in [0.1, 0.15) is 65.2 Å². The Labute approximate surface area is 101 Å². The second-order valence-corrected chi connectivity index (χ2v) is 5.02. The van der Waals surface area contributed by atoms with Crippen molar-refractivity contribution in [2.45, 2.75) is 71.3 Å². The Morgan fingerprint density at radius 2 is 2.00 bits per heavy atom. The SMILES string of the molecule is CC#CCC(CC1CCCCC1)NCCC. The fraction of sp³-hybridized carbons (Fsp3) is 0.867. The van der Waals surface area contributed by atoms with Gasteiger partial charge in [0.05, 0.1) is 0 Å². The van der Waals surface area contributed by atoms with E-state index in [1.807, 2.05) is 6.92 Å². The van der Waals surface area contributed by atoms with E-state index in [0.29, 0.717) is 6.04 Å². The maximum absolute atomic E-state index is 3.65. The lowest BCUT2D eigenvalue weighted by Crippen LogP contribution is -2.32. The molecule has 1 heteroatoms. The fourth-order valence-electron chi connectivity index (χ4n) is 2.64. The summed E-state index contributed by atoms with van der Waals surface area (Å²) in [7, 11) is 0. The molecule has 1 fully saturated rings. The second kappa shape index (κ2) is 8.65. The number of rotatable bonds is 6. The van der Waals surface area contributed by atoms with E-state index in [1.165, 1.54) is 44.9 Å². The van der Waals surface area contributed by atoms with Gasteiger partial charge in [-0.05, 0) is 32.2 Å². The molecule has 0 radical (unpaired) electrons. The van der Waals surface area contributed by atoms with Crippen molar-refractivity contribution in [1.29, 1.82) is 0 Å². The monoisotopic (exact) mass is 221 g/mol. The highest BCUT2D eigenvalue weighted by atomic mass is 14.9. The summed E-state index contributed by atoms with van der Waals surface area (Å²) in [5.41, 5.74) is 0. The highest BCUT2D eigenvalue weighted by Crippen LogP contribution is 2.27. The Bertz CT molecular complexity index is 217.